The first-order valence-corrected chi connectivity index (χ1v) is 7.14. The molecule has 2 nitrogen and oxygen atoms in total. The predicted octanol–water partition coefficient (Wildman–Crippen LogP) is 3.44. The summed E-state index contributed by atoms with van der Waals surface area (Å²) in [6.07, 6.45) is 2.71. The Bertz CT molecular complexity index is 393. The van der Waals surface area contributed by atoms with E-state index >= 15 is 0 Å². The third-order valence-electron chi connectivity index (χ3n) is 3.32. The summed E-state index contributed by atoms with van der Waals surface area (Å²) in [7, 11) is 2.13. The van der Waals surface area contributed by atoms with Crippen molar-refractivity contribution in [1.29, 1.82) is 0 Å². The van der Waals surface area contributed by atoms with Crippen LogP contribution in [0.3, 0.4) is 0 Å². The Hall–Kier alpha value is -0.0900. The largest absolute Gasteiger partial charge is 0.329 e. The first kappa shape index (κ1) is 13.3. The number of halogens is 2. The molecule has 0 amide bonds. The molecule has 4 heteroatoms. The van der Waals surface area contributed by atoms with Gasteiger partial charge in [0.1, 0.15) is 0 Å². The first-order valence-electron chi connectivity index (χ1n) is 5.97. The fourth-order valence-corrected chi connectivity index (χ4v) is 2.95. The van der Waals surface area contributed by atoms with Crippen LogP contribution >= 0.6 is 27.5 Å². The number of nitrogens with zero attached hydrogens (tertiary/aromatic N) is 1. The number of hydrogen-bond donors (Lipinski definition) is 1. The SMILES string of the molecule is CN(CC1CC1)C(CN)c1ccc(Br)cc1Cl. The molecule has 0 spiro atoms. The molecular weight excluding hydrogens is 300 g/mol. The maximum Gasteiger partial charge on any atom is 0.0482 e. The number of rotatable bonds is 5. The fraction of sp³-hybridized carbons (Fsp3) is 0.538. The van der Waals surface area contributed by atoms with E-state index < -0.39 is 0 Å². The Kier molecular flexibility index (Phi) is 4.47. The van der Waals surface area contributed by atoms with Crippen molar-refractivity contribution in [2.24, 2.45) is 11.7 Å². The average molecular weight is 318 g/mol. The molecule has 1 atom stereocenters. The van der Waals surface area contributed by atoms with Gasteiger partial charge in [0.05, 0.1) is 0 Å². The molecule has 1 aromatic rings. The maximum absolute atomic E-state index is 6.29. The van der Waals surface area contributed by atoms with Crippen LogP contribution in [-0.2, 0) is 0 Å². The molecule has 17 heavy (non-hydrogen) atoms. The number of hydrogen-bond acceptors (Lipinski definition) is 2. The van der Waals surface area contributed by atoms with Crippen molar-refractivity contribution in [3.8, 4) is 0 Å². The molecule has 0 saturated heterocycles. The molecule has 1 aromatic carbocycles. The Morgan fingerprint density at radius 3 is 2.76 bits per heavy atom. The van der Waals surface area contributed by atoms with E-state index in [0.29, 0.717) is 6.54 Å². The second-order valence-electron chi connectivity index (χ2n) is 4.80. The Morgan fingerprint density at radius 2 is 2.24 bits per heavy atom. The highest BCUT2D eigenvalue weighted by Gasteiger charge is 2.26. The highest BCUT2D eigenvalue weighted by Crippen LogP contribution is 2.34. The summed E-state index contributed by atoms with van der Waals surface area (Å²) in [6.45, 7) is 1.72. The normalized spacial score (nSPS) is 17.5. The third-order valence-corrected chi connectivity index (χ3v) is 4.14. The van der Waals surface area contributed by atoms with Gasteiger partial charge in [-0.3, -0.25) is 4.90 Å². The van der Waals surface area contributed by atoms with Gasteiger partial charge >= 0.3 is 0 Å². The zero-order valence-corrected chi connectivity index (χ0v) is 12.3. The minimum Gasteiger partial charge on any atom is -0.329 e. The summed E-state index contributed by atoms with van der Waals surface area (Å²) in [6, 6.07) is 6.24. The van der Waals surface area contributed by atoms with Crippen molar-refractivity contribution < 1.29 is 0 Å². The van der Waals surface area contributed by atoms with Crippen LogP contribution in [0.15, 0.2) is 22.7 Å². The van der Waals surface area contributed by atoms with Gasteiger partial charge < -0.3 is 5.73 Å². The minimum absolute atomic E-state index is 0.219. The standard InChI is InChI=1S/C13H18BrClN2/c1-17(8-9-2-3-9)13(7-16)11-5-4-10(14)6-12(11)15/h4-6,9,13H,2-3,7-8,16H2,1H3. The summed E-state index contributed by atoms with van der Waals surface area (Å²) >= 11 is 9.71. The number of benzene rings is 1. The molecule has 1 aliphatic carbocycles. The van der Waals surface area contributed by atoms with Gasteiger partial charge in [-0.2, -0.15) is 0 Å². The van der Waals surface area contributed by atoms with Crippen molar-refractivity contribution in [3.63, 3.8) is 0 Å². The summed E-state index contributed by atoms with van der Waals surface area (Å²) < 4.78 is 1.01. The first-order chi connectivity index (χ1) is 8.11. The van der Waals surface area contributed by atoms with Gasteiger partial charge in [0.2, 0.25) is 0 Å². The van der Waals surface area contributed by atoms with Crippen LogP contribution in [0.2, 0.25) is 5.02 Å². The van der Waals surface area contributed by atoms with Crippen molar-refractivity contribution in [2.45, 2.75) is 18.9 Å². The summed E-state index contributed by atoms with van der Waals surface area (Å²) in [4.78, 5) is 2.33. The Morgan fingerprint density at radius 1 is 1.53 bits per heavy atom. The van der Waals surface area contributed by atoms with E-state index in [4.69, 9.17) is 17.3 Å². The average Bonchev–Trinajstić information content (AvgIpc) is 3.06. The van der Waals surface area contributed by atoms with E-state index in [1.54, 1.807) is 0 Å². The lowest BCUT2D eigenvalue weighted by atomic mass is 10.1. The molecule has 1 aliphatic rings. The molecule has 0 heterocycles. The van der Waals surface area contributed by atoms with Gasteiger partial charge in [0, 0.05) is 28.6 Å². The molecule has 1 saturated carbocycles. The zero-order valence-electron chi connectivity index (χ0n) is 10.00. The van der Waals surface area contributed by atoms with E-state index in [2.05, 4.69) is 33.9 Å². The van der Waals surface area contributed by atoms with Crippen LogP contribution in [0.25, 0.3) is 0 Å². The lowest BCUT2D eigenvalue weighted by molar-refractivity contribution is 0.240. The highest BCUT2D eigenvalue weighted by molar-refractivity contribution is 9.10. The van der Waals surface area contributed by atoms with Gasteiger partial charge in [0.25, 0.3) is 0 Å². The Labute approximate surface area is 116 Å². The van der Waals surface area contributed by atoms with E-state index in [9.17, 15) is 0 Å². The second kappa shape index (κ2) is 5.70. The van der Waals surface area contributed by atoms with Crippen molar-refractivity contribution >= 4 is 27.5 Å². The molecule has 1 fully saturated rings. The molecular formula is C13H18BrClN2. The lowest BCUT2D eigenvalue weighted by Crippen LogP contribution is -2.32. The number of likely N-dealkylation sites (N-methyl/N-ethyl adjacent to an activating group) is 1. The summed E-state index contributed by atoms with van der Waals surface area (Å²) in [5.74, 6) is 0.864. The minimum atomic E-state index is 0.219. The molecule has 0 radical (unpaired) electrons. The van der Waals surface area contributed by atoms with Gasteiger partial charge in [-0.05, 0) is 43.5 Å². The molecule has 2 N–H and O–H groups in total. The molecule has 0 bridgehead atoms. The monoisotopic (exact) mass is 316 g/mol. The van der Waals surface area contributed by atoms with Gasteiger partial charge in [-0.15, -0.1) is 0 Å². The molecule has 2 rings (SSSR count). The van der Waals surface area contributed by atoms with Crippen LogP contribution in [0.4, 0.5) is 0 Å². The van der Waals surface area contributed by atoms with Crippen LogP contribution in [0.1, 0.15) is 24.4 Å². The number of nitrogens with two attached hydrogens (primary N) is 1. The maximum atomic E-state index is 6.29. The summed E-state index contributed by atoms with van der Waals surface area (Å²) in [5, 5.41) is 0.789. The van der Waals surface area contributed by atoms with Crippen molar-refractivity contribution in [1.82, 2.24) is 4.90 Å². The lowest BCUT2D eigenvalue weighted by Gasteiger charge is -2.28. The molecule has 94 valence electrons. The highest BCUT2D eigenvalue weighted by atomic mass is 79.9. The fourth-order valence-electron chi connectivity index (χ4n) is 2.15. The van der Waals surface area contributed by atoms with Crippen LogP contribution in [0.5, 0.6) is 0 Å². The van der Waals surface area contributed by atoms with Gasteiger partial charge in [0.15, 0.2) is 0 Å². The molecule has 0 aromatic heterocycles. The topological polar surface area (TPSA) is 29.3 Å². The van der Waals surface area contributed by atoms with Crippen LogP contribution < -0.4 is 5.73 Å². The predicted molar refractivity (Wildman–Crippen MR) is 76.3 cm³/mol. The van der Waals surface area contributed by atoms with E-state index in [-0.39, 0.29) is 6.04 Å². The third kappa shape index (κ3) is 3.44. The van der Waals surface area contributed by atoms with Crippen LogP contribution in [-0.4, -0.2) is 25.0 Å². The zero-order chi connectivity index (χ0) is 12.4. The quantitative estimate of drug-likeness (QED) is 0.901. The van der Waals surface area contributed by atoms with E-state index in [1.807, 2.05) is 12.1 Å². The second-order valence-corrected chi connectivity index (χ2v) is 6.12. The molecule has 0 aliphatic heterocycles. The van der Waals surface area contributed by atoms with Crippen LogP contribution in [0, 0.1) is 5.92 Å². The van der Waals surface area contributed by atoms with Crippen molar-refractivity contribution in [2.75, 3.05) is 20.1 Å². The van der Waals surface area contributed by atoms with Gasteiger partial charge in [-0.25, -0.2) is 0 Å². The summed E-state index contributed by atoms with van der Waals surface area (Å²) in [5.41, 5.74) is 7.02. The smallest absolute Gasteiger partial charge is 0.0482 e. The van der Waals surface area contributed by atoms with E-state index in [0.717, 1.165) is 27.5 Å². The van der Waals surface area contributed by atoms with Gasteiger partial charge in [-0.1, -0.05) is 33.6 Å². The van der Waals surface area contributed by atoms with Crippen molar-refractivity contribution in [3.05, 3.63) is 33.3 Å². The van der Waals surface area contributed by atoms with E-state index in [1.165, 1.54) is 12.8 Å². The molecule has 1 unspecified atom stereocenters. The Balaban J connectivity index is 2.14.